The molecule has 0 heterocycles. The number of carbonyl (C=O) groups is 1. The van der Waals surface area contributed by atoms with Crippen molar-refractivity contribution in [1.82, 2.24) is 5.32 Å². The molecule has 2 unspecified atom stereocenters. The largest absolute Gasteiger partial charge is 0.460 e. The van der Waals surface area contributed by atoms with Gasteiger partial charge in [-0.15, -0.1) is 13.2 Å². The van der Waals surface area contributed by atoms with Crippen LogP contribution < -0.4 is 5.32 Å². The topological polar surface area (TPSA) is 38.3 Å². The first kappa shape index (κ1) is 19.2. The van der Waals surface area contributed by atoms with E-state index < -0.39 is 5.60 Å². The minimum Gasteiger partial charge on any atom is -0.460 e. The van der Waals surface area contributed by atoms with Crippen molar-refractivity contribution in [3.63, 3.8) is 0 Å². The highest BCUT2D eigenvalue weighted by Gasteiger charge is 2.21. The maximum atomic E-state index is 12.0. The molecule has 126 valence electrons. The number of esters is 1. The molecule has 0 spiro atoms. The third-order valence-electron chi connectivity index (χ3n) is 3.37. The summed E-state index contributed by atoms with van der Waals surface area (Å²) in [6.45, 7) is 13.3. The van der Waals surface area contributed by atoms with Crippen LogP contribution in [0.5, 0.6) is 0 Å². The van der Waals surface area contributed by atoms with Crippen LogP contribution in [-0.2, 0) is 9.53 Å². The molecule has 0 aliphatic heterocycles. The fraction of sp³-hybridized carbons (Fsp3) is 0.450. The first-order valence-electron chi connectivity index (χ1n) is 8.12. The Balaban J connectivity index is 2.73. The van der Waals surface area contributed by atoms with Crippen molar-refractivity contribution in [2.24, 2.45) is 0 Å². The minimum absolute atomic E-state index is 0.125. The lowest BCUT2D eigenvalue weighted by Crippen LogP contribution is -2.35. The summed E-state index contributed by atoms with van der Waals surface area (Å²) in [5, 5.41) is 3.50. The highest BCUT2D eigenvalue weighted by atomic mass is 16.6. The number of nitrogens with one attached hydrogen (secondary N) is 1. The van der Waals surface area contributed by atoms with E-state index in [0.29, 0.717) is 0 Å². The Hall–Kier alpha value is -1.87. The molecule has 3 nitrogen and oxygen atoms in total. The summed E-state index contributed by atoms with van der Waals surface area (Å²) in [4.78, 5) is 12.0. The quantitative estimate of drug-likeness (QED) is 0.536. The van der Waals surface area contributed by atoms with Crippen LogP contribution in [0.15, 0.2) is 55.6 Å². The van der Waals surface area contributed by atoms with Crippen LogP contribution >= 0.6 is 0 Å². The summed E-state index contributed by atoms with van der Waals surface area (Å²) >= 11 is 0. The van der Waals surface area contributed by atoms with Gasteiger partial charge in [0.05, 0.1) is 6.42 Å². The maximum absolute atomic E-state index is 12.0. The van der Waals surface area contributed by atoms with Crippen molar-refractivity contribution < 1.29 is 9.53 Å². The Morgan fingerprint density at radius 2 is 1.91 bits per heavy atom. The highest BCUT2D eigenvalue weighted by molar-refractivity contribution is 5.71. The van der Waals surface area contributed by atoms with Gasteiger partial charge in [0.2, 0.25) is 0 Å². The van der Waals surface area contributed by atoms with Gasteiger partial charge in [-0.05, 0) is 39.2 Å². The van der Waals surface area contributed by atoms with Crippen molar-refractivity contribution in [2.75, 3.05) is 0 Å². The van der Waals surface area contributed by atoms with Gasteiger partial charge in [-0.25, -0.2) is 0 Å². The van der Waals surface area contributed by atoms with Gasteiger partial charge >= 0.3 is 5.97 Å². The summed E-state index contributed by atoms with van der Waals surface area (Å²) in [6, 6.07) is 10.3. The molecule has 0 fully saturated rings. The molecule has 0 bridgehead atoms. The Bertz CT molecular complexity index is 502. The van der Waals surface area contributed by atoms with E-state index in [1.165, 1.54) is 5.56 Å². The molecule has 3 heteroatoms. The molecule has 0 saturated carbocycles. The summed E-state index contributed by atoms with van der Waals surface area (Å²) in [5.41, 5.74) is 0.732. The van der Waals surface area contributed by atoms with Crippen LogP contribution in [0, 0.1) is 0 Å². The molecule has 1 rings (SSSR count). The van der Waals surface area contributed by atoms with E-state index in [9.17, 15) is 4.79 Å². The minimum atomic E-state index is -0.468. The third kappa shape index (κ3) is 7.80. The van der Waals surface area contributed by atoms with Crippen molar-refractivity contribution in [3.8, 4) is 0 Å². The van der Waals surface area contributed by atoms with Crippen LogP contribution in [0.1, 0.15) is 51.6 Å². The van der Waals surface area contributed by atoms with Crippen LogP contribution in [-0.4, -0.2) is 17.6 Å². The number of ether oxygens (including phenoxy) is 1. The predicted molar refractivity (Wildman–Crippen MR) is 96.2 cm³/mol. The number of rotatable bonds is 9. The summed E-state index contributed by atoms with van der Waals surface area (Å²) < 4.78 is 5.40. The van der Waals surface area contributed by atoms with Crippen molar-refractivity contribution in [2.45, 2.75) is 57.7 Å². The summed E-state index contributed by atoms with van der Waals surface area (Å²) in [6.07, 6.45) is 5.79. The molecule has 0 aliphatic rings. The molecule has 0 amide bonds. The van der Waals surface area contributed by atoms with E-state index in [2.05, 4.69) is 30.6 Å². The standard InChI is InChI=1S/C20H29NO2/c1-6-8-14-18(16-12-10-9-11-13-16)21-17(7-2)15-19(22)23-20(3,4)5/h6-7,9-13,17-18,21H,1-2,8,14-15H2,3-5H3. The zero-order valence-electron chi connectivity index (χ0n) is 14.5. The van der Waals surface area contributed by atoms with Crippen LogP contribution in [0.4, 0.5) is 0 Å². The molecule has 0 saturated heterocycles. The lowest BCUT2D eigenvalue weighted by molar-refractivity contribution is -0.155. The van der Waals surface area contributed by atoms with E-state index >= 15 is 0 Å². The molecular weight excluding hydrogens is 286 g/mol. The molecule has 23 heavy (non-hydrogen) atoms. The lowest BCUT2D eigenvalue weighted by atomic mass is 10.00. The van der Waals surface area contributed by atoms with Gasteiger partial charge in [0.25, 0.3) is 0 Å². The average Bonchev–Trinajstić information content (AvgIpc) is 2.49. The van der Waals surface area contributed by atoms with Crippen molar-refractivity contribution >= 4 is 5.97 Å². The van der Waals surface area contributed by atoms with Gasteiger partial charge in [-0.1, -0.05) is 42.5 Å². The van der Waals surface area contributed by atoms with Crippen LogP contribution in [0.2, 0.25) is 0 Å². The molecule has 1 aromatic carbocycles. The third-order valence-corrected chi connectivity index (χ3v) is 3.37. The normalized spacial score (nSPS) is 13.9. The Morgan fingerprint density at radius 3 is 2.43 bits per heavy atom. The van der Waals surface area contributed by atoms with Gasteiger partial charge < -0.3 is 10.1 Å². The zero-order chi connectivity index (χ0) is 17.3. The van der Waals surface area contributed by atoms with Gasteiger partial charge in [-0.3, -0.25) is 4.79 Å². The molecule has 2 atom stereocenters. The van der Waals surface area contributed by atoms with Gasteiger partial charge in [0.15, 0.2) is 0 Å². The second kappa shape index (κ2) is 9.31. The summed E-state index contributed by atoms with van der Waals surface area (Å²) in [7, 11) is 0. The van der Waals surface area contributed by atoms with Gasteiger partial charge in [0, 0.05) is 12.1 Å². The maximum Gasteiger partial charge on any atom is 0.308 e. The zero-order valence-corrected chi connectivity index (χ0v) is 14.5. The molecular formula is C20H29NO2. The molecule has 0 aromatic heterocycles. The number of allylic oxidation sites excluding steroid dienone is 1. The van der Waals surface area contributed by atoms with Crippen molar-refractivity contribution in [1.29, 1.82) is 0 Å². The SMILES string of the molecule is C=CCCC(NC(C=C)CC(=O)OC(C)(C)C)c1ccccc1. The number of carbonyl (C=O) groups excluding carboxylic acids is 1. The van der Waals surface area contributed by atoms with Gasteiger partial charge in [0.1, 0.15) is 5.60 Å². The number of hydrogen-bond donors (Lipinski definition) is 1. The first-order valence-corrected chi connectivity index (χ1v) is 8.12. The summed E-state index contributed by atoms with van der Waals surface area (Å²) in [5.74, 6) is -0.217. The Morgan fingerprint density at radius 1 is 1.26 bits per heavy atom. The monoisotopic (exact) mass is 315 g/mol. The van der Waals surface area contributed by atoms with Crippen molar-refractivity contribution in [3.05, 3.63) is 61.2 Å². The van der Waals surface area contributed by atoms with E-state index in [1.54, 1.807) is 6.08 Å². The van der Waals surface area contributed by atoms with E-state index in [-0.39, 0.29) is 24.5 Å². The van der Waals surface area contributed by atoms with E-state index in [4.69, 9.17) is 4.74 Å². The second-order valence-corrected chi connectivity index (χ2v) is 6.63. The number of hydrogen-bond acceptors (Lipinski definition) is 3. The highest BCUT2D eigenvalue weighted by Crippen LogP contribution is 2.20. The molecule has 0 radical (unpaired) electrons. The Kier molecular flexibility index (Phi) is 7.76. The average molecular weight is 315 g/mol. The predicted octanol–water partition coefficient (Wildman–Crippen LogP) is 4.57. The fourth-order valence-electron chi connectivity index (χ4n) is 2.35. The lowest BCUT2D eigenvalue weighted by Gasteiger charge is -2.25. The molecule has 0 aliphatic carbocycles. The number of benzene rings is 1. The van der Waals surface area contributed by atoms with Crippen LogP contribution in [0.3, 0.4) is 0 Å². The fourth-order valence-corrected chi connectivity index (χ4v) is 2.35. The first-order chi connectivity index (χ1) is 10.9. The van der Waals surface area contributed by atoms with Gasteiger partial charge in [-0.2, -0.15) is 0 Å². The van der Waals surface area contributed by atoms with E-state index in [0.717, 1.165) is 12.8 Å². The molecule has 1 aromatic rings. The van der Waals surface area contributed by atoms with E-state index in [1.807, 2.05) is 45.0 Å². The second-order valence-electron chi connectivity index (χ2n) is 6.63. The molecule has 1 N–H and O–H groups in total. The Labute approximate surface area is 140 Å². The smallest absolute Gasteiger partial charge is 0.308 e. The van der Waals surface area contributed by atoms with Crippen LogP contribution in [0.25, 0.3) is 0 Å².